The van der Waals surface area contributed by atoms with Gasteiger partial charge in [-0.25, -0.2) is 10.6 Å². The molecule has 2 amide bonds. The molecule has 0 aromatic carbocycles. The molecule has 0 bridgehead atoms. The fourth-order valence-electron chi connectivity index (χ4n) is 3.64. The molecule has 0 aromatic rings. The summed E-state index contributed by atoms with van der Waals surface area (Å²) < 4.78 is 5.09. The standard InChI is InChI=1S/C21H33Cl2N3O4S/c1-3-30-20(29)17(7-12-31-2)25-19(28)18(26(24)15-27)14-21(9-11-23)8-4-5-16(13-21)6-10-22/h4-5,8,15,17-18H,3,6-7,9-14,24H2,1-2H3,(H,25,28)/t17-,18-,21?/m0/s1. The Morgan fingerprint density at radius 2 is 2.16 bits per heavy atom. The molecular weight excluding hydrogens is 461 g/mol. The van der Waals surface area contributed by atoms with Crippen molar-refractivity contribution in [3.63, 3.8) is 0 Å². The maximum absolute atomic E-state index is 13.2. The van der Waals surface area contributed by atoms with Crippen LogP contribution in [0.3, 0.4) is 0 Å². The lowest BCUT2D eigenvalue weighted by Crippen LogP contribution is -2.55. The smallest absolute Gasteiger partial charge is 0.328 e. The summed E-state index contributed by atoms with van der Waals surface area (Å²) in [6.07, 6.45) is 11.0. The van der Waals surface area contributed by atoms with Gasteiger partial charge < -0.3 is 10.1 Å². The van der Waals surface area contributed by atoms with Crippen LogP contribution in [-0.2, 0) is 19.1 Å². The molecule has 1 unspecified atom stereocenters. The number of nitrogens with one attached hydrogen (secondary N) is 1. The lowest BCUT2D eigenvalue weighted by atomic mass is 9.71. The fourth-order valence-corrected chi connectivity index (χ4v) is 4.73. The Morgan fingerprint density at radius 3 is 2.74 bits per heavy atom. The summed E-state index contributed by atoms with van der Waals surface area (Å²) in [5.74, 6) is 6.44. The van der Waals surface area contributed by atoms with E-state index in [4.69, 9.17) is 33.8 Å². The highest BCUT2D eigenvalue weighted by Crippen LogP contribution is 2.41. The number of amides is 2. The van der Waals surface area contributed by atoms with Crippen LogP contribution in [0.15, 0.2) is 23.8 Å². The van der Waals surface area contributed by atoms with Crippen LogP contribution in [0.2, 0.25) is 0 Å². The summed E-state index contributed by atoms with van der Waals surface area (Å²) >= 11 is 13.6. The fraction of sp³-hybridized carbons (Fsp3) is 0.667. The van der Waals surface area contributed by atoms with Gasteiger partial charge in [0.1, 0.15) is 12.1 Å². The van der Waals surface area contributed by atoms with Gasteiger partial charge in [-0.1, -0.05) is 23.8 Å². The van der Waals surface area contributed by atoms with E-state index >= 15 is 0 Å². The van der Waals surface area contributed by atoms with E-state index < -0.39 is 29.4 Å². The Hall–Kier alpha value is -1.22. The van der Waals surface area contributed by atoms with Crippen molar-refractivity contribution in [2.45, 2.75) is 51.1 Å². The van der Waals surface area contributed by atoms with Gasteiger partial charge in [0.25, 0.3) is 0 Å². The number of thioether (sulfide) groups is 1. The Bertz CT molecular complexity index is 663. The van der Waals surface area contributed by atoms with Crippen LogP contribution < -0.4 is 11.2 Å². The minimum atomic E-state index is -0.966. The van der Waals surface area contributed by atoms with E-state index in [1.807, 2.05) is 24.5 Å². The molecule has 0 aliphatic heterocycles. The number of carbonyl (C=O) groups excluding carboxylic acids is 3. The first-order valence-electron chi connectivity index (χ1n) is 10.3. The summed E-state index contributed by atoms with van der Waals surface area (Å²) in [4.78, 5) is 36.9. The molecule has 0 saturated carbocycles. The predicted molar refractivity (Wildman–Crippen MR) is 127 cm³/mol. The number of hydrogen-bond acceptors (Lipinski definition) is 6. The molecule has 0 aromatic heterocycles. The maximum atomic E-state index is 13.2. The van der Waals surface area contributed by atoms with Crippen molar-refractivity contribution in [3.8, 4) is 0 Å². The molecule has 1 aliphatic carbocycles. The Balaban J connectivity index is 3.08. The van der Waals surface area contributed by atoms with Gasteiger partial charge in [0.05, 0.1) is 6.61 Å². The average Bonchev–Trinajstić information content (AvgIpc) is 2.75. The third-order valence-electron chi connectivity index (χ3n) is 5.25. The zero-order valence-electron chi connectivity index (χ0n) is 18.1. The zero-order chi connectivity index (χ0) is 23.3. The minimum absolute atomic E-state index is 0.213. The average molecular weight is 494 g/mol. The molecule has 0 radical (unpaired) electrons. The molecule has 3 atom stereocenters. The number of rotatable bonds is 15. The van der Waals surface area contributed by atoms with Gasteiger partial charge >= 0.3 is 5.97 Å². The Morgan fingerprint density at radius 1 is 1.42 bits per heavy atom. The molecule has 0 saturated heterocycles. The van der Waals surface area contributed by atoms with Crippen LogP contribution in [0.1, 0.15) is 39.0 Å². The molecule has 0 fully saturated rings. The van der Waals surface area contributed by atoms with E-state index in [1.54, 1.807) is 18.7 Å². The minimum Gasteiger partial charge on any atom is -0.464 e. The zero-order valence-corrected chi connectivity index (χ0v) is 20.5. The summed E-state index contributed by atoms with van der Waals surface area (Å²) in [5, 5.41) is 3.59. The quantitative estimate of drug-likeness (QED) is 0.0907. The monoisotopic (exact) mass is 493 g/mol. The third kappa shape index (κ3) is 9.04. The van der Waals surface area contributed by atoms with E-state index in [-0.39, 0.29) is 13.0 Å². The van der Waals surface area contributed by atoms with Crippen LogP contribution in [0.4, 0.5) is 0 Å². The number of halogens is 2. The van der Waals surface area contributed by atoms with E-state index in [2.05, 4.69) is 5.32 Å². The van der Waals surface area contributed by atoms with Crippen LogP contribution in [-0.4, -0.2) is 65.8 Å². The van der Waals surface area contributed by atoms with Gasteiger partial charge in [0, 0.05) is 11.8 Å². The normalized spacial score (nSPS) is 19.8. The summed E-state index contributed by atoms with van der Waals surface area (Å²) in [5.41, 5.74) is 0.708. The van der Waals surface area contributed by atoms with Crippen molar-refractivity contribution < 1.29 is 19.1 Å². The largest absolute Gasteiger partial charge is 0.464 e. The van der Waals surface area contributed by atoms with Gasteiger partial charge in [-0.3, -0.25) is 14.6 Å². The van der Waals surface area contributed by atoms with Crippen LogP contribution in [0.5, 0.6) is 0 Å². The van der Waals surface area contributed by atoms with Crippen molar-refractivity contribution in [1.29, 1.82) is 0 Å². The molecular formula is C21H33Cl2N3O4S. The Kier molecular flexibility index (Phi) is 13.3. The number of hydrazine groups is 1. The second-order valence-electron chi connectivity index (χ2n) is 7.47. The summed E-state index contributed by atoms with van der Waals surface area (Å²) in [6, 6.07) is -1.77. The SMILES string of the molecule is CCOC(=O)[C@H](CCSC)NC(=O)[C@H](CC1(CCCl)C=CC=C(CCCl)C1)N(N)C=O. The van der Waals surface area contributed by atoms with Gasteiger partial charge in [0.2, 0.25) is 12.3 Å². The lowest BCUT2D eigenvalue weighted by molar-refractivity contribution is -0.148. The van der Waals surface area contributed by atoms with Gasteiger partial charge in [-0.15, -0.1) is 23.2 Å². The lowest BCUT2D eigenvalue weighted by Gasteiger charge is -2.38. The first-order valence-corrected chi connectivity index (χ1v) is 12.8. The molecule has 31 heavy (non-hydrogen) atoms. The second kappa shape index (κ2) is 14.8. The van der Waals surface area contributed by atoms with Gasteiger partial charge in [0.15, 0.2) is 0 Å². The number of esters is 1. The molecule has 0 spiro atoms. The molecule has 10 heteroatoms. The highest BCUT2D eigenvalue weighted by Gasteiger charge is 2.38. The molecule has 0 heterocycles. The Labute approximate surface area is 199 Å². The summed E-state index contributed by atoms with van der Waals surface area (Å²) in [6.45, 7) is 1.92. The van der Waals surface area contributed by atoms with E-state index in [0.717, 1.165) is 17.0 Å². The number of nitrogens with zero attached hydrogens (tertiary/aromatic N) is 1. The van der Waals surface area contributed by atoms with Crippen LogP contribution in [0, 0.1) is 5.41 Å². The van der Waals surface area contributed by atoms with Crippen molar-refractivity contribution in [3.05, 3.63) is 23.8 Å². The number of nitrogens with two attached hydrogens (primary N) is 1. The van der Waals surface area contributed by atoms with E-state index in [0.29, 0.717) is 43.2 Å². The first kappa shape index (κ1) is 27.8. The number of ether oxygens (including phenoxy) is 1. The van der Waals surface area contributed by atoms with Crippen molar-refractivity contribution in [2.75, 3.05) is 30.4 Å². The highest BCUT2D eigenvalue weighted by atomic mass is 35.5. The van der Waals surface area contributed by atoms with E-state index in [1.165, 1.54) is 0 Å². The molecule has 7 nitrogen and oxygen atoms in total. The highest BCUT2D eigenvalue weighted by molar-refractivity contribution is 7.98. The molecule has 1 aliphatic rings. The predicted octanol–water partition coefficient (Wildman–Crippen LogP) is 3.01. The number of carbonyl (C=O) groups is 3. The second-order valence-corrected chi connectivity index (χ2v) is 9.21. The topological polar surface area (TPSA) is 102 Å². The molecule has 3 N–H and O–H groups in total. The first-order chi connectivity index (χ1) is 14.9. The van der Waals surface area contributed by atoms with E-state index in [9.17, 15) is 14.4 Å². The molecule has 1 rings (SSSR count). The number of alkyl halides is 2. The van der Waals surface area contributed by atoms with Crippen molar-refractivity contribution in [1.82, 2.24) is 10.3 Å². The number of hydrogen-bond donors (Lipinski definition) is 2. The summed E-state index contributed by atoms with van der Waals surface area (Å²) in [7, 11) is 0. The van der Waals surface area contributed by atoms with Crippen LogP contribution in [0.25, 0.3) is 0 Å². The maximum Gasteiger partial charge on any atom is 0.328 e. The van der Waals surface area contributed by atoms with Gasteiger partial charge in [-0.2, -0.15) is 11.8 Å². The van der Waals surface area contributed by atoms with Crippen molar-refractivity contribution >= 4 is 53.3 Å². The molecule has 176 valence electrons. The van der Waals surface area contributed by atoms with Gasteiger partial charge in [-0.05, 0) is 56.5 Å². The van der Waals surface area contributed by atoms with Crippen molar-refractivity contribution in [2.24, 2.45) is 11.3 Å². The van der Waals surface area contributed by atoms with Crippen LogP contribution >= 0.6 is 35.0 Å². The number of allylic oxidation sites excluding steroid dienone is 4. The third-order valence-corrected chi connectivity index (χ3v) is 6.27.